The summed E-state index contributed by atoms with van der Waals surface area (Å²) < 4.78 is 10.4. The Kier molecular flexibility index (Phi) is 4.02. The maximum absolute atomic E-state index is 5.67. The Morgan fingerprint density at radius 2 is 1.13 bits per heavy atom. The summed E-state index contributed by atoms with van der Waals surface area (Å²) in [5.41, 5.74) is 8.55. The van der Waals surface area contributed by atoms with Gasteiger partial charge in [0.05, 0.1) is 27.8 Å². The maximum atomic E-state index is 5.67. The van der Waals surface area contributed by atoms with Gasteiger partial charge in [-0.3, -0.25) is 0 Å². The second-order valence-corrected chi connectivity index (χ2v) is 10.0. The predicted octanol–water partition coefficient (Wildman–Crippen LogP) is 9.18. The highest BCUT2D eigenvalue weighted by Crippen LogP contribution is 2.44. The molecule has 39 heavy (non-hydrogen) atoms. The molecule has 0 amide bonds. The quantitative estimate of drug-likeness (QED) is 0.238. The minimum atomic E-state index is 0.785. The third-order valence-electron chi connectivity index (χ3n) is 8.05. The first-order chi connectivity index (χ1) is 19.4. The second-order valence-electron chi connectivity index (χ2n) is 10.0. The topological polar surface area (TPSA) is 35.9 Å². The molecule has 0 aliphatic carbocycles. The van der Waals surface area contributed by atoms with Crippen molar-refractivity contribution < 1.29 is 4.42 Å². The molecule has 0 radical (unpaired) electrons. The van der Waals surface area contributed by atoms with Crippen molar-refractivity contribution in [2.75, 3.05) is 0 Å². The average Bonchev–Trinajstić information content (AvgIpc) is 3.70. The van der Waals surface area contributed by atoms with Gasteiger partial charge in [-0.1, -0.05) is 72.8 Å². The normalized spacial score (nSPS) is 12.1. The van der Waals surface area contributed by atoms with Crippen LogP contribution in [-0.4, -0.2) is 14.1 Å². The van der Waals surface area contributed by atoms with Crippen LogP contribution in [0.4, 0.5) is 0 Å². The van der Waals surface area contributed by atoms with Crippen LogP contribution in [0.3, 0.4) is 0 Å². The Hall–Kier alpha value is -5.35. The summed E-state index contributed by atoms with van der Waals surface area (Å²) in [6, 6.07) is 43.3. The molecule has 4 heteroatoms. The molecule has 6 aromatic carbocycles. The third kappa shape index (κ3) is 2.70. The molecule has 9 rings (SSSR count). The van der Waals surface area contributed by atoms with Gasteiger partial charge in [-0.25, -0.2) is 4.98 Å². The number of hydrogen-bond acceptors (Lipinski definition) is 2. The third-order valence-corrected chi connectivity index (χ3v) is 8.05. The Balaban J connectivity index is 1.54. The van der Waals surface area contributed by atoms with Crippen LogP contribution in [0.25, 0.3) is 76.9 Å². The number of rotatable bonds is 2. The molecule has 0 spiro atoms. The van der Waals surface area contributed by atoms with E-state index in [9.17, 15) is 0 Å². The van der Waals surface area contributed by atoms with E-state index in [1.165, 1.54) is 49.7 Å². The number of fused-ring (bicyclic) bond motifs is 10. The van der Waals surface area contributed by atoms with Crippen molar-refractivity contribution in [1.82, 2.24) is 14.1 Å². The summed E-state index contributed by atoms with van der Waals surface area (Å²) >= 11 is 0. The monoisotopic (exact) mass is 499 g/mol. The van der Waals surface area contributed by atoms with E-state index in [2.05, 4.69) is 123 Å². The molecule has 0 saturated carbocycles. The molecule has 0 atom stereocenters. The largest absolute Gasteiger partial charge is 0.443 e. The number of oxazole rings is 1. The maximum Gasteiger partial charge on any atom is 0.182 e. The number of benzene rings is 6. The van der Waals surface area contributed by atoms with Crippen molar-refractivity contribution in [2.45, 2.75) is 0 Å². The van der Waals surface area contributed by atoms with Gasteiger partial charge < -0.3 is 13.6 Å². The zero-order valence-electron chi connectivity index (χ0n) is 20.9. The lowest BCUT2D eigenvalue weighted by Crippen LogP contribution is -1.95. The Morgan fingerprint density at radius 3 is 1.87 bits per heavy atom. The van der Waals surface area contributed by atoms with Crippen LogP contribution in [-0.2, 0) is 0 Å². The number of aromatic nitrogens is 3. The molecule has 0 saturated heterocycles. The van der Waals surface area contributed by atoms with Crippen LogP contribution in [0.1, 0.15) is 0 Å². The second kappa shape index (κ2) is 7.59. The van der Waals surface area contributed by atoms with Gasteiger partial charge in [0.15, 0.2) is 12.0 Å². The average molecular weight is 500 g/mol. The van der Waals surface area contributed by atoms with Gasteiger partial charge in [-0.2, -0.15) is 0 Å². The smallest absolute Gasteiger partial charge is 0.182 e. The Morgan fingerprint density at radius 1 is 0.487 bits per heavy atom. The van der Waals surface area contributed by atoms with Crippen LogP contribution in [0, 0.1) is 0 Å². The fourth-order valence-corrected chi connectivity index (χ4v) is 6.50. The fourth-order valence-electron chi connectivity index (χ4n) is 6.50. The lowest BCUT2D eigenvalue weighted by atomic mass is 9.98. The van der Waals surface area contributed by atoms with Gasteiger partial charge >= 0.3 is 0 Å². The number of hydrogen-bond donors (Lipinski definition) is 0. The molecule has 3 heterocycles. The summed E-state index contributed by atoms with van der Waals surface area (Å²) in [5.74, 6) is 0. The Labute approximate surface area is 222 Å². The minimum Gasteiger partial charge on any atom is -0.443 e. The van der Waals surface area contributed by atoms with Crippen molar-refractivity contribution in [3.8, 4) is 11.4 Å². The first-order valence-electron chi connectivity index (χ1n) is 13.1. The molecular weight excluding hydrogens is 478 g/mol. The van der Waals surface area contributed by atoms with Crippen LogP contribution >= 0.6 is 0 Å². The van der Waals surface area contributed by atoms with Crippen LogP contribution in [0.5, 0.6) is 0 Å². The van der Waals surface area contributed by atoms with Crippen molar-refractivity contribution in [1.29, 1.82) is 0 Å². The number of para-hydroxylation sites is 4. The highest BCUT2D eigenvalue weighted by Gasteiger charge is 2.21. The first kappa shape index (κ1) is 20.7. The highest BCUT2D eigenvalue weighted by atomic mass is 16.3. The van der Waals surface area contributed by atoms with Crippen molar-refractivity contribution >= 4 is 65.5 Å². The summed E-state index contributed by atoms with van der Waals surface area (Å²) in [5, 5.41) is 7.52. The number of nitrogens with zero attached hydrogens (tertiary/aromatic N) is 3. The molecule has 0 N–H and O–H groups in total. The Bertz CT molecular complexity index is 2390. The molecule has 0 aliphatic rings. The van der Waals surface area contributed by atoms with Gasteiger partial charge in [-0.05, 0) is 53.9 Å². The summed E-state index contributed by atoms with van der Waals surface area (Å²) in [4.78, 5) is 4.59. The molecular formula is C35H21N3O. The highest BCUT2D eigenvalue weighted by molar-refractivity contribution is 6.33. The summed E-state index contributed by atoms with van der Waals surface area (Å²) in [6.45, 7) is 0. The molecule has 0 fully saturated rings. The molecule has 4 nitrogen and oxygen atoms in total. The van der Waals surface area contributed by atoms with E-state index >= 15 is 0 Å². The van der Waals surface area contributed by atoms with E-state index in [1.807, 2.05) is 12.1 Å². The molecule has 0 bridgehead atoms. The lowest BCUT2D eigenvalue weighted by molar-refractivity contribution is 0.602. The van der Waals surface area contributed by atoms with E-state index in [-0.39, 0.29) is 0 Å². The minimum absolute atomic E-state index is 0.785. The van der Waals surface area contributed by atoms with E-state index in [1.54, 1.807) is 0 Å². The van der Waals surface area contributed by atoms with Gasteiger partial charge in [0.1, 0.15) is 5.52 Å². The summed E-state index contributed by atoms with van der Waals surface area (Å²) in [6.07, 6.45) is 1.53. The van der Waals surface area contributed by atoms with Gasteiger partial charge in [0.25, 0.3) is 0 Å². The van der Waals surface area contributed by atoms with Gasteiger partial charge in [0.2, 0.25) is 0 Å². The van der Waals surface area contributed by atoms with Crippen LogP contribution < -0.4 is 0 Å². The molecule has 3 aromatic heterocycles. The zero-order chi connectivity index (χ0) is 25.5. The standard InChI is InChI=1S/C35H21N3O/c1-2-9-23(10-3-1)37-26-13-6-4-11-24(26)33-28(37)19-17-22-18-20-29-34(32(22)33)25-12-5-7-14-27(25)38(29)30-15-8-16-31-35(30)36-21-39-31/h1-21H. The molecule has 9 aromatic rings. The zero-order valence-corrected chi connectivity index (χ0v) is 20.9. The van der Waals surface area contributed by atoms with E-state index in [0.717, 1.165) is 33.5 Å². The van der Waals surface area contributed by atoms with E-state index < -0.39 is 0 Å². The predicted molar refractivity (Wildman–Crippen MR) is 160 cm³/mol. The van der Waals surface area contributed by atoms with E-state index in [0.29, 0.717) is 0 Å². The molecule has 0 unspecified atom stereocenters. The first-order valence-corrected chi connectivity index (χ1v) is 13.1. The SMILES string of the molecule is c1ccc(-n2c3ccccc3c3c4c(ccc32)ccc2c4c3ccccc3n2-c2cccc3ocnc23)cc1. The fraction of sp³-hybridized carbons (Fsp3) is 0. The van der Waals surface area contributed by atoms with Crippen LogP contribution in [0.15, 0.2) is 132 Å². The molecule has 0 aliphatic heterocycles. The van der Waals surface area contributed by atoms with Crippen molar-refractivity contribution in [3.05, 3.63) is 128 Å². The van der Waals surface area contributed by atoms with Crippen LogP contribution in [0.2, 0.25) is 0 Å². The summed E-state index contributed by atoms with van der Waals surface area (Å²) in [7, 11) is 0. The molecule has 182 valence electrons. The van der Waals surface area contributed by atoms with Crippen molar-refractivity contribution in [3.63, 3.8) is 0 Å². The van der Waals surface area contributed by atoms with E-state index in [4.69, 9.17) is 4.42 Å². The van der Waals surface area contributed by atoms with Crippen molar-refractivity contribution in [2.24, 2.45) is 0 Å². The lowest BCUT2D eigenvalue weighted by Gasteiger charge is -2.10. The van der Waals surface area contributed by atoms with Gasteiger partial charge in [0, 0.05) is 32.6 Å². The van der Waals surface area contributed by atoms with Gasteiger partial charge in [-0.15, -0.1) is 0 Å².